The lowest BCUT2D eigenvalue weighted by Gasteiger charge is -2.09. The van der Waals surface area contributed by atoms with Crippen molar-refractivity contribution in [3.63, 3.8) is 0 Å². The van der Waals surface area contributed by atoms with Crippen LogP contribution in [0.1, 0.15) is 5.69 Å². The number of allylic oxidation sites excluding steroid dienone is 1. The van der Waals surface area contributed by atoms with Crippen LogP contribution in [0.5, 0.6) is 0 Å². The number of anilines is 1. The number of rotatable bonds is 4. The lowest BCUT2D eigenvalue weighted by atomic mass is 10.1. The highest BCUT2D eigenvalue weighted by atomic mass is 32.1. The molecule has 1 aliphatic rings. The molecule has 2 N–H and O–H groups in total. The molecule has 20 heavy (non-hydrogen) atoms. The van der Waals surface area contributed by atoms with Crippen molar-refractivity contribution in [3.8, 4) is 0 Å². The summed E-state index contributed by atoms with van der Waals surface area (Å²) in [5.74, 6) is -2.07. The number of carbonyl (C=O) groups is 3. The van der Waals surface area contributed by atoms with Crippen molar-refractivity contribution in [3.05, 3.63) is 23.2 Å². The Balaban J connectivity index is 1.98. The second-order valence-corrected chi connectivity index (χ2v) is 4.82. The minimum absolute atomic E-state index is 0.148. The van der Waals surface area contributed by atoms with E-state index in [4.69, 9.17) is 0 Å². The Kier molecular flexibility index (Phi) is 4.36. The number of amides is 3. The van der Waals surface area contributed by atoms with Gasteiger partial charge in [-0.25, -0.2) is 9.98 Å². The molecule has 3 amide bonds. The zero-order valence-electron chi connectivity index (χ0n) is 10.6. The van der Waals surface area contributed by atoms with Crippen LogP contribution in [0.25, 0.3) is 0 Å². The van der Waals surface area contributed by atoms with Gasteiger partial charge in [-0.15, -0.1) is 11.3 Å². The molecule has 7 nitrogen and oxygen atoms in total. The number of hydrogen-bond donors (Lipinski definition) is 2. The molecule has 2 heterocycles. The summed E-state index contributed by atoms with van der Waals surface area (Å²) < 4.78 is 0. The molecule has 2 rings (SSSR count). The fourth-order valence-corrected chi connectivity index (χ4v) is 2.23. The molecule has 1 unspecified atom stereocenters. The third-order valence-corrected chi connectivity index (χ3v) is 3.35. The molecule has 0 saturated heterocycles. The van der Waals surface area contributed by atoms with Gasteiger partial charge in [-0.1, -0.05) is 6.08 Å². The average molecular weight is 292 g/mol. The maximum Gasteiger partial charge on any atom is 0.262 e. The first-order valence-electron chi connectivity index (χ1n) is 5.80. The summed E-state index contributed by atoms with van der Waals surface area (Å²) in [6, 6.07) is 0. The number of aromatic nitrogens is 1. The van der Waals surface area contributed by atoms with Gasteiger partial charge in [0.1, 0.15) is 5.92 Å². The van der Waals surface area contributed by atoms with Crippen LogP contribution in [0, 0.1) is 5.92 Å². The van der Waals surface area contributed by atoms with Gasteiger partial charge in [-0.2, -0.15) is 0 Å². The van der Waals surface area contributed by atoms with E-state index in [1.54, 1.807) is 18.5 Å². The first kappa shape index (κ1) is 14.1. The molecule has 1 aromatic heterocycles. The highest BCUT2D eigenvalue weighted by Gasteiger charge is 2.25. The van der Waals surface area contributed by atoms with E-state index >= 15 is 0 Å². The summed E-state index contributed by atoms with van der Waals surface area (Å²) in [5, 5.41) is 7.07. The van der Waals surface area contributed by atoms with Crippen molar-refractivity contribution in [2.24, 2.45) is 10.9 Å². The minimum atomic E-state index is -0.925. The number of thiazole rings is 1. The van der Waals surface area contributed by atoms with Crippen LogP contribution in [0.3, 0.4) is 0 Å². The Labute approximate surface area is 118 Å². The van der Waals surface area contributed by atoms with Crippen molar-refractivity contribution < 1.29 is 14.4 Å². The molecule has 0 aromatic carbocycles. The van der Waals surface area contributed by atoms with E-state index in [1.807, 2.05) is 0 Å². The van der Waals surface area contributed by atoms with Crippen molar-refractivity contribution in [2.75, 3.05) is 12.4 Å². The predicted octanol–water partition coefficient (Wildman–Crippen LogP) is 0.153. The third-order valence-electron chi connectivity index (χ3n) is 2.54. The Morgan fingerprint density at radius 2 is 2.25 bits per heavy atom. The lowest BCUT2D eigenvalue weighted by molar-refractivity contribution is -0.128. The van der Waals surface area contributed by atoms with Crippen LogP contribution in [-0.4, -0.2) is 36.0 Å². The Morgan fingerprint density at radius 1 is 1.45 bits per heavy atom. The van der Waals surface area contributed by atoms with Gasteiger partial charge >= 0.3 is 0 Å². The molecule has 0 saturated carbocycles. The summed E-state index contributed by atoms with van der Waals surface area (Å²) in [7, 11) is 1.54. The molecule has 0 fully saturated rings. The Hall–Kier alpha value is -2.35. The average Bonchev–Trinajstić information content (AvgIpc) is 2.86. The van der Waals surface area contributed by atoms with Crippen molar-refractivity contribution in [1.29, 1.82) is 0 Å². The standard InChI is InChI=1S/C12H12N4O3S/c1-13-9(17)5-7-6-20-12(15-7)16-11(19)8-3-2-4-14-10(8)18/h2-4,6,8H,5H2,1H3,(H,13,17)(H,15,16,19). The maximum atomic E-state index is 11.9. The smallest absolute Gasteiger partial charge is 0.262 e. The molecule has 0 aliphatic carbocycles. The first-order chi connectivity index (χ1) is 9.60. The van der Waals surface area contributed by atoms with E-state index in [9.17, 15) is 14.4 Å². The third kappa shape index (κ3) is 3.35. The van der Waals surface area contributed by atoms with Crippen LogP contribution >= 0.6 is 11.3 Å². The van der Waals surface area contributed by atoms with E-state index in [1.165, 1.54) is 23.6 Å². The Bertz CT molecular complexity index is 606. The summed E-state index contributed by atoms with van der Waals surface area (Å²) in [6.07, 6.45) is 4.51. The molecule has 1 aliphatic heterocycles. The fourth-order valence-electron chi connectivity index (χ4n) is 1.52. The molecule has 0 radical (unpaired) electrons. The van der Waals surface area contributed by atoms with Crippen molar-refractivity contribution in [1.82, 2.24) is 10.3 Å². The van der Waals surface area contributed by atoms with Crippen LogP contribution in [-0.2, 0) is 20.8 Å². The molecule has 1 atom stereocenters. The summed E-state index contributed by atoms with van der Waals surface area (Å²) >= 11 is 1.20. The quantitative estimate of drug-likeness (QED) is 0.772. The van der Waals surface area contributed by atoms with Gasteiger partial charge in [-0.3, -0.25) is 14.4 Å². The van der Waals surface area contributed by atoms with E-state index in [0.29, 0.717) is 10.8 Å². The molecule has 0 spiro atoms. The first-order valence-corrected chi connectivity index (χ1v) is 6.68. The minimum Gasteiger partial charge on any atom is -0.359 e. The number of dihydropyridines is 1. The van der Waals surface area contributed by atoms with E-state index in [2.05, 4.69) is 20.6 Å². The number of likely N-dealkylation sites (N-methyl/N-ethyl adjacent to an activating group) is 1. The summed E-state index contributed by atoms with van der Waals surface area (Å²) in [5.41, 5.74) is 0.563. The van der Waals surface area contributed by atoms with Gasteiger partial charge in [0.25, 0.3) is 5.91 Å². The summed E-state index contributed by atoms with van der Waals surface area (Å²) in [4.78, 5) is 42.2. The highest BCUT2D eigenvalue weighted by Crippen LogP contribution is 2.18. The molecule has 8 heteroatoms. The number of nitrogens with zero attached hydrogens (tertiary/aromatic N) is 2. The topological polar surface area (TPSA) is 101 Å². The normalized spacial score (nSPS) is 17.1. The maximum absolute atomic E-state index is 11.9. The predicted molar refractivity (Wildman–Crippen MR) is 74.6 cm³/mol. The van der Waals surface area contributed by atoms with E-state index in [0.717, 1.165) is 0 Å². The number of carbonyl (C=O) groups excluding carboxylic acids is 3. The molecule has 104 valence electrons. The van der Waals surface area contributed by atoms with Crippen molar-refractivity contribution >= 4 is 40.4 Å². The van der Waals surface area contributed by atoms with Gasteiger partial charge in [0, 0.05) is 18.6 Å². The monoisotopic (exact) mass is 292 g/mol. The Morgan fingerprint density at radius 3 is 2.95 bits per heavy atom. The summed E-state index contributed by atoms with van der Waals surface area (Å²) in [6.45, 7) is 0. The molecule has 1 aromatic rings. The van der Waals surface area contributed by atoms with Gasteiger partial charge in [0.15, 0.2) is 5.13 Å². The van der Waals surface area contributed by atoms with E-state index in [-0.39, 0.29) is 12.3 Å². The van der Waals surface area contributed by atoms with E-state index < -0.39 is 17.7 Å². The largest absolute Gasteiger partial charge is 0.359 e. The van der Waals surface area contributed by atoms with Crippen LogP contribution in [0.2, 0.25) is 0 Å². The number of aliphatic imine (C=N–C) groups is 1. The zero-order valence-corrected chi connectivity index (χ0v) is 11.4. The van der Waals surface area contributed by atoms with Crippen LogP contribution in [0.15, 0.2) is 22.5 Å². The molecular formula is C12H12N4O3S. The molecule has 0 bridgehead atoms. The van der Waals surface area contributed by atoms with Gasteiger partial charge in [0.05, 0.1) is 12.1 Å². The van der Waals surface area contributed by atoms with Crippen LogP contribution < -0.4 is 10.6 Å². The zero-order chi connectivity index (χ0) is 14.5. The van der Waals surface area contributed by atoms with Crippen LogP contribution in [0.4, 0.5) is 5.13 Å². The SMILES string of the molecule is CNC(=O)Cc1csc(NC(=O)C2C=CC=NC2=O)n1. The fraction of sp³-hybridized carbons (Fsp3) is 0.250. The highest BCUT2D eigenvalue weighted by molar-refractivity contribution is 7.13. The lowest BCUT2D eigenvalue weighted by Crippen LogP contribution is -2.28. The number of nitrogens with one attached hydrogen (secondary N) is 2. The van der Waals surface area contributed by atoms with Crippen molar-refractivity contribution in [2.45, 2.75) is 6.42 Å². The van der Waals surface area contributed by atoms with Gasteiger partial charge in [-0.05, 0) is 6.08 Å². The second kappa shape index (κ2) is 6.20. The second-order valence-electron chi connectivity index (χ2n) is 3.96. The van der Waals surface area contributed by atoms with Gasteiger partial charge < -0.3 is 10.6 Å². The molecular weight excluding hydrogens is 280 g/mol. The number of hydrogen-bond acceptors (Lipinski definition) is 5. The van der Waals surface area contributed by atoms with Gasteiger partial charge in [0.2, 0.25) is 11.8 Å².